The first-order chi connectivity index (χ1) is 10.2. The predicted octanol–water partition coefficient (Wildman–Crippen LogP) is 2.71. The Morgan fingerprint density at radius 3 is 2.52 bits per heavy atom. The molecule has 4 nitrogen and oxygen atoms in total. The minimum absolute atomic E-state index is 0.201. The van der Waals surface area contributed by atoms with Gasteiger partial charge in [-0.3, -0.25) is 4.79 Å². The van der Waals surface area contributed by atoms with E-state index in [2.05, 4.69) is 0 Å². The number of anilines is 1. The molecule has 2 atom stereocenters. The Hall–Kier alpha value is -1.84. The minimum Gasteiger partial charge on any atom is -0.478 e. The summed E-state index contributed by atoms with van der Waals surface area (Å²) >= 11 is 0. The largest absolute Gasteiger partial charge is 0.478 e. The zero-order valence-corrected chi connectivity index (χ0v) is 11.9. The molecule has 0 spiro atoms. The van der Waals surface area contributed by atoms with Crippen molar-refractivity contribution in [2.45, 2.75) is 32.1 Å². The fourth-order valence-corrected chi connectivity index (χ4v) is 4.28. The molecule has 3 aliphatic rings. The molecule has 110 valence electrons. The lowest BCUT2D eigenvalue weighted by atomic mass is 10.0. The fraction of sp³-hybridized carbons (Fsp3) is 0.529. The summed E-state index contributed by atoms with van der Waals surface area (Å²) in [6, 6.07) is 5.15. The second kappa shape index (κ2) is 4.58. The summed E-state index contributed by atoms with van der Waals surface area (Å²) in [6.45, 7) is 0.702. The van der Waals surface area contributed by atoms with Crippen molar-refractivity contribution in [3.05, 3.63) is 29.3 Å². The topological polar surface area (TPSA) is 57.6 Å². The van der Waals surface area contributed by atoms with Crippen LogP contribution in [0.2, 0.25) is 0 Å². The number of nitrogens with zero attached hydrogens (tertiary/aromatic N) is 1. The molecular formula is C17H19NO3. The number of fused-ring (bicyclic) bond motifs is 2. The number of hydrogen-bond donors (Lipinski definition) is 1. The van der Waals surface area contributed by atoms with E-state index >= 15 is 0 Å². The third-order valence-electron chi connectivity index (χ3n) is 5.44. The number of amides is 1. The average Bonchev–Trinajstić information content (AvgIpc) is 3.07. The van der Waals surface area contributed by atoms with Crippen molar-refractivity contribution in [2.24, 2.45) is 17.8 Å². The van der Waals surface area contributed by atoms with Gasteiger partial charge in [0.05, 0.1) is 5.56 Å². The van der Waals surface area contributed by atoms with Crippen LogP contribution >= 0.6 is 0 Å². The van der Waals surface area contributed by atoms with Crippen LogP contribution in [-0.4, -0.2) is 23.5 Å². The van der Waals surface area contributed by atoms with Crippen LogP contribution < -0.4 is 4.90 Å². The van der Waals surface area contributed by atoms with E-state index in [-0.39, 0.29) is 17.4 Å². The lowest BCUT2D eigenvalue weighted by molar-refractivity contribution is -0.120. The van der Waals surface area contributed by atoms with Crippen LogP contribution in [0.25, 0.3) is 0 Å². The number of carbonyl (C=O) groups is 2. The summed E-state index contributed by atoms with van der Waals surface area (Å²) in [6.07, 6.45) is 5.73. The lowest BCUT2D eigenvalue weighted by Crippen LogP contribution is -2.31. The summed E-state index contributed by atoms with van der Waals surface area (Å²) in [7, 11) is 0. The van der Waals surface area contributed by atoms with Crippen molar-refractivity contribution >= 4 is 17.6 Å². The van der Waals surface area contributed by atoms with Crippen molar-refractivity contribution in [3.8, 4) is 0 Å². The van der Waals surface area contributed by atoms with E-state index < -0.39 is 5.97 Å². The predicted molar refractivity (Wildman–Crippen MR) is 78.4 cm³/mol. The van der Waals surface area contributed by atoms with Gasteiger partial charge in [-0.15, -0.1) is 0 Å². The molecule has 1 N–H and O–H groups in total. The lowest BCUT2D eigenvalue weighted by Gasteiger charge is -2.18. The number of carbonyl (C=O) groups excluding carboxylic acids is 1. The molecule has 1 heterocycles. The number of carboxylic acids is 1. The van der Waals surface area contributed by atoms with Gasteiger partial charge in [0.25, 0.3) is 0 Å². The zero-order chi connectivity index (χ0) is 14.6. The van der Waals surface area contributed by atoms with Crippen LogP contribution in [-0.2, 0) is 11.2 Å². The molecule has 2 unspecified atom stereocenters. The highest BCUT2D eigenvalue weighted by molar-refractivity contribution is 6.00. The molecule has 4 heteroatoms. The van der Waals surface area contributed by atoms with Gasteiger partial charge < -0.3 is 10.0 Å². The molecule has 0 bridgehead atoms. The van der Waals surface area contributed by atoms with Crippen molar-refractivity contribution in [1.82, 2.24) is 0 Å². The standard InChI is InChI=1S/C17H19NO3/c19-16(15-12-3-1-2-4-13(12)15)18-8-7-10-5-6-11(17(20)21)9-14(10)18/h5-6,9,12-13,15H,1-4,7-8H2,(H,20,21). The average molecular weight is 285 g/mol. The summed E-state index contributed by atoms with van der Waals surface area (Å²) in [5, 5.41) is 9.13. The van der Waals surface area contributed by atoms with Crippen LogP contribution in [0, 0.1) is 17.8 Å². The third-order valence-corrected chi connectivity index (χ3v) is 5.44. The first-order valence-electron chi connectivity index (χ1n) is 7.84. The number of benzene rings is 1. The molecular weight excluding hydrogens is 266 g/mol. The van der Waals surface area contributed by atoms with E-state index in [9.17, 15) is 9.59 Å². The molecule has 0 radical (unpaired) electrons. The Labute approximate surface area is 123 Å². The highest BCUT2D eigenvalue weighted by Crippen LogP contribution is 2.56. The maximum absolute atomic E-state index is 12.8. The molecule has 1 aromatic carbocycles. The summed E-state index contributed by atoms with van der Waals surface area (Å²) < 4.78 is 0. The molecule has 21 heavy (non-hydrogen) atoms. The highest BCUT2D eigenvalue weighted by Gasteiger charge is 2.56. The fourth-order valence-electron chi connectivity index (χ4n) is 4.28. The van der Waals surface area contributed by atoms with Crippen LogP contribution in [0.5, 0.6) is 0 Å². The Morgan fingerprint density at radius 1 is 1.14 bits per heavy atom. The summed E-state index contributed by atoms with van der Waals surface area (Å²) in [5.74, 6) is 0.688. The van der Waals surface area contributed by atoms with Gasteiger partial charge in [-0.05, 0) is 48.8 Å². The normalized spacial score (nSPS) is 29.7. The second-order valence-corrected chi connectivity index (χ2v) is 6.53. The van der Waals surface area contributed by atoms with Crippen molar-refractivity contribution in [2.75, 3.05) is 11.4 Å². The van der Waals surface area contributed by atoms with Crippen molar-refractivity contribution in [3.63, 3.8) is 0 Å². The van der Waals surface area contributed by atoms with Gasteiger partial charge in [0.15, 0.2) is 0 Å². The monoisotopic (exact) mass is 285 g/mol. The molecule has 1 aliphatic heterocycles. The van der Waals surface area contributed by atoms with Crippen LogP contribution in [0.3, 0.4) is 0 Å². The molecule has 4 rings (SSSR count). The number of hydrogen-bond acceptors (Lipinski definition) is 2. The van der Waals surface area contributed by atoms with E-state index in [0.717, 1.165) is 17.7 Å². The van der Waals surface area contributed by atoms with Gasteiger partial charge in [0.1, 0.15) is 0 Å². The van der Waals surface area contributed by atoms with Gasteiger partial charge in [0, 0.05) is 18.2 Å². The first-order valence-corrected chi connectivity index (χ1v) is 7.84. The Balaban J connectivity index is 1.60. The summed E-state index contributed by atoms with van der Waals surface area (Å²) in [4.78, 5) is 25.8. The Kier molecular flexibility index (Phi) is 2.81. The van der Waals surface area contributed by atoms with Crippen LogP contribution in [0.4, 0.5) is 5.69 Å². The van der Waals surface area contributed by atoms with Crippen LogP contribution in [0.15, 0.2) is 18.2 Å². The molecule has 1 aromatic rings. The maximum atomic E-state index is 12.8. The van der Waals surface area contributed by atoms with Gasteiger partial charge in [-0.25, -0.2) is 4.79 Å². The maximum Gasteiger partial charge on any atom is 0.335 e. The van der Waals surface area contributed by atoms with Gasteiger partial charge in [0.2, 0.25) is 5.91 Å². The molecule has 2 aliphatic carbocycles. The molecule has 0 saturated heterocycles. The third kappa shape index (κ3) is 1.96. The van der Waals surface area contributed by atoms with Gasteiger partial charge in [-0.2, -0.15) is 0 Å². The van der Waals surface area contributed by atoms with E-state index in [4.69, 9.17) is 5.11 Å². The van der Waals surface area contributed by atoms with E-state index in [1.165, 1.54) is 25.7 Å². The number of aromatic carboxylic acids is 1. The molecule has 0 aromatic heterocycles. The van der Waals surface area contributed by atoms with E-state index in [1.54, 1.807) is 12.1 Å². The quantitative estimate of drug-likeness (QED) is 0.909. The Bertz CT molecular complexity index is 612. The SMILES string of the molecule is O=C(O)c1ccc2c(c1)N(C(=O)C1C3CCCCC31)CC2. The molecule has 1 amide bonds. The summed E-state index contributed by atoms with van der Waals surface area (Å²) in [5.41, 5.74) is 2.18. The van der Waals surface area contributed by atoms with Gasteiger partial charge >= 0.3 is 5.97 Å². The number of rotatable bonds is 2. The first kappa shape index (κ1) is 12.9. The van der Waals surface area contributed by atoms with Crippen LogP contribution in [0.1, 0.15) is 41.6 Å². The smallest absolute Gasteiger partial charge is 0.335 e. The second-order valence-electron chi connectivity index (χ2n) is 6.53. The van der Waals surface area contributed by atoms with Crippen molar-refractivity contribution in [1.29, 1.82) is 0 Å². The minimum atomic E-state index is -0.933. The highest BCUT2D eigenvalue weighted by atomic mass is 16.4. The van der Waals surface area contributed by atoms with E-state index in [1.807, 2.05) is 11.0 Å². The molecule has 2 fully saturated rings. The van der Waals surface area contributed by atoms with Gasteiger partial charge in [-0.1, -0.05) is 18.9 Å². The Morgan fingerprint density at radius 2 is 1.86 bits per heavy atom. The number of carboxylic acid groups (broad SMARTS) is 1. The van der Waals surface area contributed by atoms with E-state index in [0.29, 0.717) is 18.4 Å². The molecule has 2 saturated carbocycles. The zero-order valence-electron chi connectivity index (χ0n) is 11.9. The van der Waals surface area contributed by atoms with Crippen molar-refractivity contribution < 1.29 is 14.7 Å².